The van der Waals surface area contributed by atoms with Crippen molar-refractivity contribution in [3.8, 4) is 5.75 Å². The first kappa shape index (κ1) is 23.5. The Bertz CT molecular complexity index is 1090. The first-order valence-electron chi connectivity index (χ1n) is 11.4. The fourth-order valence-corrected chi connectivity index (χ4v) is 3.87. The van der Waals surface area contributed by atoms with Gasteiger partial charge in [-0.05, 0) is 50.5 Å². The van der Waals surface area contributed by atoms with Crippen molar-refractivity contribution in [2.24, 2.45) is 0 Å². The highest BCUT2D eigenvalue weighted by Gasteiger charge is 2.13. The van der Waals surface area contributed by atoms with Gasteiger partial charge in [0.25, 0.3) is 0 Å². The van der Waals surface area contributed by atoms with Crippen molar-refractivity contribution in [2.45, 2.75) is 59.4 Å². The first-order chi connectivity index (χ1) is 15.5. The number of fused-ring (bicyclic) bond motifs is 1. The minimum absolute atomic E-state index is 0.351. The third kappa shape index (κ3) is 5.96. The predicted molar refractivity (Wildman–Crippen MR) is 128 cm³/mol. The zero-order valence-electron chi connectivity index (χ0n) is 19.6. The summed E-state index contributed by atoms with van der Waals surface area (Å²) in [6, 6.07) is 8.00. The number of ether oxygens (including phenoxy) is 2. The molecule has 0 aliphatic heterocycles. The van der Waals surface area contributed by atoms with E-state index in [0.29, 0.717) is 13.2 Å². The zero-order chi connectivity index (χ0) is 22.9. The molecular formula is C26H33N3O3. The Morgan fingerprint density at radius 1 is 1.12 bits per heavy atom. The number of hydrogen-bond donors (Lipinski definition) is 0. The van der Waals surface area contributed by atoms with Crippen LogP contribution in [0.3, 0.4) is 0 Å². The molecule has 0 fully saturated rings. The third-order valence-electron chi connectivity index (χ3n) is 5.41. The van der Waals surface area contributed by atoms with Gasteiger partial charge in [0.2, 0.25) is 0 Å². The Morgan fingerprint density at radius 2 is 1.97 bits per heavy atom. The normalized spacial score (nSPS) is 11.4. The van der Waals surface area contributed by atoms with Gasteiger partial charge in [-0.3, -0.25) is 0 Å². The van der Waals surface area contributed by atoms with Gasteiger partial charge in [-0.15, -0.1) is 0 Å². The van der Waals surface area contributed by atoms with E-state index in [0.717, 1.165) is 52.3 Å². The van der Waals surface area contributed by atoms with E-state index in [2.05, 4.69) is 28.7 Å². The minimum atomic E-state index is -0.351. The number of benzene rings is 1. The summed E-state index contributed by atoms with van der Waals surface area (Å²) in [5, 5.41) is 0. The number of esters is 1. The van der Waals surface area contributed by atoms with Gasteiger partial charge in [-0.25, -0.2) is 14.8 Å². The van der Waals surface area contributed by atoms with Gasteiger partial charge in [0, 0.05) is 17.8 Å². The maximum Gasteiger partial charge on any atom is 0.330 e. The van der Waals surface area contributed by atoms with Crippen LogP contribution in [-0.4, -0.2) is 34.2 Å². The topological polar surface area (TPSA) is 66.2 Å². The van der Waals surface area contributed by atoms with Gasteiger partial charge in [-0.1, -0.05) is 38.3 Å². The molecule has 0 unspecified atom stereocenters. The molecule has 32 heavy (non-hydrogen) atoms. The van der Waals surface area contributed by atoms with Gasteiger partial charge >= 0.3 is 5.97 Å². The molecule has 0 radical (unpaired) electrons. The molecule has 3 aromatic rings. The second-order valence-corrected chi connectivity index (χ2v) is 7.86. The van der Waals surface area contributed by atoms with Gasteiger partial charge in [0.15, 0.2) is 0 Å². The molecule has 170 valence electrons. The summed E-state index contributed by atoms with van der Waals surface area (Å²) in [6.07, 6.45) is 11.0. The highest BCUT2D eigenvalue weighted by molar-refractivity contribution is 5.87. The van der Waals surface area contributed by atoms with Crippen LogP contribution < -0.4 is 4.74 Å². The fraction of sp³-hybridized carbons (Fsp3) is 0.423. The van der Waals surface area contributed by atoms with E-state index in [4.69, 9.17) is 14.5 Å². The Morgan fingerprint density at radius 3 is 2.72 bits per heavy atom. The number of rotatable bonds is 11. The lowest BCUT2D eigenvalue weighted by Crippen LogP contribution is -2.05. The summed E-state index contributed by atoms with van der Waals surface area (Å²) >= 11 is 0. The first-order valence-corrected chi connectivity index (χ1v) is 11.4. The van der Waals surface area contributed by atoms with Crippen LogP contribution in [0.4, 0.5) is 0 Å². The fourth-order valence-electron chi connectivity index (χ4n) is 3.87. The van der Waals surface area contributed by atoms with Crippen LogP contribution in [0.2, 0.25) is 0 Å². The Balaban J connectivity index is 1.86. The molecule has 6 nitrogen and oxygen atoms in total. The molecule has 0 N–H and O–H groups in total. The lowest BCUT2D eigenvalue weighted by molar-refractivity contribution is -0.137. The van der Waals surface area contributed by atoms with E-state index in [1.54, 1.807) is 20.1 Å². The standard InChI is InChI=1S/C26H33N3O3/c1-5-7-8-9-10-22-26-23(28-19(3)27-22)15-16-29(26)18-21-13-11-20(17-24(21)31-4)12-14-25(30)32-6-2/h11-17H,5-10,18H2,1-4H3/b14-12+. The molecule has 2 heterocycles. The highest BCUT2D eigenvalue weighted by Crippen LogP contribution is 2.26. The van der Waals surface area contributed by atoms with Crippen LogP contribution in [0.5, 0.6) is 5.75 Å². The van der Waals surface area contributed by atoms with Crippen LogP contribution in [0, 0.1) is 6.92 Å². The largest absolute Gasteiger partial charge is 0.496 e. The molecule has 2 aromatic heterocycles. The molecule has 0 bridgehead atoms. The van der Waals surface area contributed by atoms with Crippen molar-refractivity contribution in [1.82, 2.24) is 14.5 Å². The maximum atomic E-state index is 11.6. The molecule has 0 aliphatic carbocycles. The summed E-state index contributed by atoms with van der Waals surface area (Å²) in [7, 11) is 1.66. The van der Waals surface area contributed by atoms with E-state index in [1.165, 1.54) is 25.3 Å². The molecular weight excluding hydrogens is 402 g/mol. The quantitative estimate of drug-likeness (QED) is 0.226. The average Bonchev–Trinajstić information content (AvgIpc) is 3.18. The molecule has 0 amide bonds. The average molecular weight is 436 g/mol. The van der Waals surface area contributed by atoms with Crippen LogP contribution in [-0.2, 0) is 22.5 Å². The molecule has 3 rings (SSSR count). The SMILES string of the molecule is CCCCCCc1nc(C)nc2ccn(Cc3ccc(/C=C/C(=O)OCC)cc3OC)c12. The van der Waals surface area contributed by atoms with E-state index in [9.17, 15) is 4.79 Å². The second kappa shape index (κ2) is 11.5. The summed E-state index contributed by atoms with van der Waals surface area (Å²) in [4.78, 5) is 21.0. The molecule has 0 saturated carbocycles. The smallest absolute Gasteiger partial charge is 0.330 e. The van der Waals surface area contributed by atoms with Crippen molar-refractivity contribution in [1.29, 1.82) is 0 Å². The number of nitrogens with zero attached hydrogens (tertiary/aromatic N) is 3. The highest BCUT2D eigenvalue weighted by atomic mass is 16.5. The predicted octanol–water partition coefficient (Wildman–Crippen LogP) is 5.50. The number of aromatic nitrogens is 3. The molecule has 6 heteroatoms. The number of carbonyl (C=O) groups excluding carboxylic acids is 1. The van der Waals surface area contributed by atoms with Crippen LogP contribution in [0.25, 0.3) is 17.1 Å². The van der Waals surface area contributed by atoms with Crippen molar-refractivity contribution < 1.29 is 14.3 Å². The summed E-state index contributed by atoms with van der Waals surface area (Å²) in [5.74, 6) is 1.24. The summed E-state index contributed by atoms with van der Waals surface area (Å²) in [6.45, 7) is 6.99. The molecule has 0 spiro atoms. The van der Waals surface area contributed by atoms with Crippen LogP contribution >= 0.6 is 0 Å². The monoisotopic (exact) mass is 435 g/mol. The van der Waals surface area contributed by atoms with Crippen molar-refractivity contribution in [2.75, 3.05) is 13.7 Å². The Kier molecular flexibility index (Phi) is 8.42. The third-order valence-corrected chi connectivity index (χ3v) is 5.41. The number of carbonyl (C=O) groups is 1. The van der Waals surface area contributed by atoms with Crippen LogP contribution in [0.15, 0.2) is 36.5 Å². The maximum absolute atomic E-state index is 11.6. The van der Waals surface area contributed by atoms with E-state index in [-0.39, 0.29) is 5.97 Å². The van der Waals surface area contributed by atoms with Gasteiger partial charge < -0.3 is 14.0 Å². The Labute approximate surface area is 190 Å². The van der Waals surface area contributed by atoms with Crippen molar-refractivity contribution in [3.63, 3.8) is 0 Å². The lowest BCUT2D eigenvalue weighted by Gasteiger charge is -2.13. The zero-order valence-corrected chi connectivity index (χ0v) is 19.6. The van der Waals surface area contributed by atoms with Crippen LogP contribution in [0.1, 0.15) is 62.2 Å². The summed E-state index contributed by atoms with van der Waals surface area (Å²) < 4.78 is 12.8. The number of aryl methyl sites for hydroxylation is 2. The van der Waals surface area contributed by atoms with Crippen molar-refractivity contribution >= 4 is 23.1 Å². The van der Waals surface area contributed by atoms with Gasteiger partial charge in [0.05, 0.1) is 37.0 Å². The molecule has 1 aromatic carbocycles. The lowest BCUT2D eigenvalue weighted by atomic mass is 10.1. The summed E-state index contributed by atoms with van der Waals surface area (Å²) in [5.41, 5.74) is 5.13. The number of hydrogen-bond acceptors (Lipinski definition) is 5. The van der Waals surface area contributed by atoms with E-state index < -0.39 is 0 Å². The number of methoxy groups -OCH3 is 1. The van der Waals surface area contributed by atoms with Crippen molar-refractivity contribution in [3.05, 3.63) is 59.2 Å². The van der Waals surface area contributed by atoms with E-state index >= 15 is 0 Å². The Hall–Kier alpha value is -3.15. The number of unbranched alkanes of at least 4 members (excludes halogenated alkanes) is 3. The second-order valence-electron chi connectivity index (χ2n) is 7.86. The van der Waals surface area contributed by atoms with Gasteiger partial charge in [0.1, 0.15) is 11.6 Å². The molecule has 0 aliphatic rings. The molecule has 0 saturated heterocycles. The molecule has 0 atom stereocenters. The van der Waals surface area contributed by atoms with E-state index in [1.807, 2.05) is 25.1 Å². The minimum Gasteiger partial charge on any atom is -0.496 e. The van der Waals surface area contributed by atoms with Gasteiger partial charge in [-0.2, -0.15) is 0 Å².